The zero-order valence-electron chi connectivity index (χ0n) is 16.2. The number of carbonyl (C=O) groups is 2. The Morgan fingerprint density at radius 2 is 0.833 bits per heavy atom. The molecule has 0 spiro atoms. The van der Waals surface area contributed by atoms with Crippen molar-refractivity contribution in [2.75, 3.05) is 0 Å². The minimum absolute atomic E-state index is 0.310. The molecule has 0 aliphatic carbocycles. The number of ketones is 1. The Kier molecular flexibility index (Phi) is 5.77. The molecule has 0 amide bonds. The molecule has 0 radical (unpaired) electrons. The summed E-state index contributed by atoms with van der Waals surface area (Å²) in [6, 6.07) is 37.4. The molecule has 0 bridgehead atoms. The molecule has 148 valence electrons. The molecule has 0 saturated carbocycles. The summed E-state index contributed by atoms with van der Waals surface area (Å²) in [5.74, 6) is -1.52. The molecular formula is C26H20O3S. The quantitative estimate of drug-likeness (QED) is 0.275. The van der Waals surface area contributed by atoms with E-state index in [9.17, 15) is 9.59 Å². The Labute approximate surface area is 177 Å². The van der Waals surface area contributed by atoms with Crippen molar-refractivity contribution < 1.29 is 13.8 Å². The molecule has 30 heavy (non-hydrogen) atoms. The van der Waals surface area contributed by atoms with Crippen LogP contribution in [0.1, 0.15) is 10.4 Å². The SMILES string of the molecule is O=C(OS(c1ccccc1)(c1ccccc1)c1ccccc1)C(=O)c1ccccc1. The summed E-state index contributed by atoms with van der Waals surface area (Å²) in [6.45, 7) is 0. The van der Waals surface area contributed by atoms with Crippen molar-refractivity contribution in [1.82, 2.24) is 0 Å². The molecule has 4 aromatic carbocycles. The summed E-state index contributed by atoms with van der Waals surface area (Å²) >= 11 is 0. The minimum Gasteiger partial charge on any atom is -0.396 e. The summed E-state index contributed by atoms with van der Waals surface area (Å²) in [5.41, 5.74) is 0.310. The van der Waals surface area contributed by atoms with E-state index in [1.807, 2.05) is 91.0 Å². The molecule has 4 aromatic rings. The second-order valence-corrected chi connectivity index (χ2v) is 9.25. The van der Waals surface area contributed by atoms with Crippen molar-refractivity contribution in [3.05, 3.63) is 127 Å². The summed E-state index contributed by atoms with van der Waals surface area (Å²) in [4.78, 5) is 28.5. The lowest BCUT2D eigenvalue weighted by molar-refractivity contribution is -0.128. The standard InChI is InChI=1S/C26H20O3S/c27-25(21-13-5-1-6-14-21)26(28)29-30(22-15-7-2-8-16-22,23-17-9-3-10-18-23)24-19-11-4-12-20-24/h1-20H. The lowest BCUT2D eigenvalue weighted by Crippen LogP contribution is -2.21. The highest BCUT2D eigenvalue weighted by Gasteiger charge is 2.37. The van der Waals surface area contributed by atoms with Crippen molar-refractivity contribution in [3.63, 3.8) is 0 Å². The maximum Gasteiger partial charge on any atom is 0.391 e. The molecule has 0 aliphatic heterocycles. The van der Waals surface area contributed by atoms with E-state index in [-0.39, 0.29) is 0 Å². The molecular weight excluding hydrogens is 392 g/mol. The van der Waals surface area contributed by atoms with E-state index in [4.69, 9.17) is 4.18 Å². The van der Waals surface area contributed by atoms with Crippen molar-refractivity contribution >= 4 is 22.1 Å². The van der Waals surface area contributed by atoms with Gasteiger partial charge in [0.1, 0.15) is 0 Å². The van der Waals surface area contributed by atoms with E-state index in [0.717, 1.165) is 14.7 Å². The van der Waals surface area contributed by atoms with Crippen LogP contribution in [-0.4, -0.2) is 11.8 Å². The molecule has 0 aliphatic rings. The predicted octanol–water partition coefficient (Wildman–Crippen LogP) is 6.31. The number of carbonyl (C=O) groups excluding carboxylic acids is 2. The minimum atomic E-state index is -2.46. The molecule has 0 N–H and O–H groups in total. The third kappa shape index (κ3) is 3.78. The van der Waals surface area contributed by atoms with Crippen LogP contribution in [0.3, 0.4) is 0 Å². The van der Waals surface area contributed by atoms with E-state index in [1.165, 1.54) is 0 Å². The van der Waals surface area contributed by atoms with E-state index in [0.29, 0.717) is 5.56 Å². The number of hydrogen-bond acceptors (Lipinski definition) is 3. The maximum atomic E-state index is 13.1. The smallest absolute Gasteiger partial charge is 0.391 e. The van der Waals surface area contributed by atoms with Gasteiger partial charge < -0.3 is 4.18 Å². The Morgan fingerprint density at radius 1 is 0.500 bits per heavy atom. The van der Waals surface area contributed by atoms with E-state index < -0.39 is 22.1 Å². The van der Waals surface area contributed by atoms with E-state index in [2.05, 4.69) is 0 Å². The normalized spacial score (nSPS) is 11.5. The fraction of sp³-hybridized carbons (Fsp3) is 0. The van der Waals surface area contributed by atoms with Gasteiger partial charge in [-0.05, 0) is 46.7 Å². The van der Waals surface area contributed by atoms with Gasteiger partial charge in [0.05, 0.1) is 0 Å². The average Bonchev–Trinajstić information content (AvgIpc) is 2.84. The predicted molar refractivity (Wildman–Crippen MR) is 119 cm³/mol. The molecule has 4 rings (SSSR count). The van der Waals surface area contributed by atoms with Gasteiger partial charge >= 0.3 is 5.97 Å². The van der Waals surface area contributed by atoms with Gasteiger partial charge in [0.25, 0.3) is 5.78 Å². The molecule has 4 heteroatoms. The van der Waals surface area contributed by atoms with Gasteiger partial charge in [-0.1, -0.05) is 84.9 Å². The fourth-order valence-electron chi connectivity index (χ4n) is 3.25. The zero-order valence-corrected chi connectivity index (χ0v) is 17.0. The second-order valence-electron chi connectivity index (χ2n) is 6.56. The van der Waals surface area contributed by atoms with E-state index >= 15 is 0 Å². The third-order valence-electron chi connectivity index (χ3n) is 4.65. The van der Waals surface area contributed by atoms with Crippen LogP contribution in [0.2, 0.25) is 0 Å². The van der Waals surface area contributed by atoms with Crippen LogP contribution in [-0.2, 0) is 8.98 Å². The average molecular weight is 413 g/mol. The van der Waals surface area contributed by atoms with Crippen LogP contribution in [0.15, 0.2) is 136 Å². The lowest BCUT2D eigenvalue weighted by atomic mass is 10.1. The molecule has 0 atom stereocenters. The van der Waals surface area contributed by atoms with Gasteiger partial charge in [0.15, 0.2) is 0 Å². The number of rotatable bonds is 6. The molecule has 3 nitrogen and oxygen atoms in total. The lowest BCUT2D eigenvalue weighted by Gasteiger charge is -2.39. The van der Waals surface area contributed by atoms with Crippen molar-refractivity contribution in [2.45, 2.75) is 14.7 Å². The van der Waals surface area contributed by atoms with Crippen LogP contribution >= 0.6 is 10.3 Å². The maximum absolute atomic E-state index is 13.1. The first-order valence-corrected chi connectivity index (χ1v) is 11.1. The fourth-order valence-corrected chi connectivity index (χ4v) is 6.28. The summed E-state index contributed by atoms with van der Waals surface area (Å²) in [5, 5.41) is 0. The molecule has 0 fully saturated rings. The van der Waals surface area contributed by atoms with Gasteiger partial charge in [-0.15, -0.1) is 0 Å². The van der Waals surface area contributed by atoms with Crippen molar-refractivity contribution in [2.24, 2.45) is 0 Å². The van der Waals surface area contributed by atoms with Crippen molar-refractivity contribution in [3.8, 4) is 0 Å². The number of Topliss-reactive ketones (excluding diaryl/α,β-unsaturated/α-hetero) is 1. The van der Waals surface area contributed by atoms with E-state index in [1.54, 1.807) is 30.3 Å². The first-order chi connectivity index (χ1) is 14.7. The van der Waals surface area contributed by atoms with Crippen molar-refractivity contribution in [1.29, 1.82) is 0 Å². The monoisotopic (exact) mass is 412 g/mol. The van der Waals surface area contributed by atoms with Gasteiger partial charge in [-0.25, -0.2) is 4.79 Å². The largest absolute Gasteiger partial charge is 0.396 e. The first kappa shape index (κ1) is 19.7. The van der Waals surface area contributed by atoms with Gasteiger partial charge in [0, 0.05) is 20.2 Å². The summed E-state index contributed by atoms with van der Waals surface area (Å²) in [6.07, 6.45) is 0. The highest BCUT2D eigenvalue weighted by molar-refractivity contribution is 8.30. The van der Waals surface area contributed by atoms with Crippen LogP contribution < -0.4 is 0 Å². The number of hydrogen-bond donors (Lipinski definition) is 0. The topological polar surface area (TPSA) is 43.4 Å². The zero-order chi connectivity index (χ0) is 20.8. The third-order valence-corrected chi connectivity index (χ3v) is 7.86. The van der Waals surface area contributed by atoms with Crippen LogP contribution in [0.5, 0.6) is 0 Å². The highest BCUT2D eigenvalue weighted by atomic mass is 32.3. The second kappa shape index (κ2) is 8.80. The van der Waals surface area contributed by atoms with Crippen LogP contribution in [0.4, 0.5) is 0 Å². The molecule has 0 saturated heterocycles. The molecule has 0 aromatic heterocycles. The Balaban J connectivity index is 1.89. The highest BCUT2D eigenvalue weighted by Crippen LogP contribution is 2.69. The Hall–Kier alpha value is -3.63. The van der Waals surface area contributed by atoms with Crippen LogP contribution in [0.25, 0.3) is 0 Å². The summed E-state index contributed by atoms with van der Waals surface area (Å²) < 4.78 is 6.21. The molecule has 0 heterocycles. The Morgan fingerprint density at radius 3 is 1.20 bits per heavy atom. The Bertz CT molecular complexity index is 1030. The van der Waals surface area contributed by atoms with Gasteiger partial charge in [0.2, 0.25) is 0 Å². The van der Waals surface area contributed by atoms with Crippen LogP contribution in [0, 0.1) is 0 Å². The van der Waals surface area contributed by atoms with Gasteiger partial charge in [-0.2, -0.15) is 0 Å². The summed E-state index contributed by atoms with van der Waals surface area (Å²) in [7, 11) is -2.46. The van der Waals surface area contributed by atoms with Gasteiger partial charge in [-0.3, -0.25) is 4.79 Å². The first-order valence-electron chi connectivity index (χ1n) is 9.53. The molecule has 0 unspecified atom stereocenters. The number of benzene rings is 4.